The molecule has 0 aromatic rings. The number of thioether (sulfide) groups is 1. The number of rotatable bonds is 13. The Morgan fingerprint density at radius 1 is 1.24 bits per heavy atom. The summed E-state index contributed by atoms with van der Waals surface area (Å²) in [4.78, 5) is 49.7. The van der Waals surface area contributed by atoms with E-state index in [4.69, 9.17) is 11.5 Å². The number of unbranched alkanes of at least 4 members (excludes halogenated alkanes) is 1. The van der Waals surface area contributed by atoms with Gasteiger partial charge in [-0.15, -0.1) is 0 Å². The molecule has 3 atom stereocenters. The molecule has 7 N–H and O–H groups in total. The van der Waals surface area contributed by atoms with Crippen molar-refractivity contribution in [2.45, 2.75) is 56.7 Å². The molecule has 1 heterocycles. The molecule has 0 bridgehead atoms. The minimum absolute atomic E-state index is 0.257. The van der Waals surface area contributed by atoms with Crippen LogP contribution < -0.4 is 22.1 Å². The van der Waals surface area contributed by atoms with Crippen molar-refractivity contribution in [2.24, 2.45) is 11.5 Å². The van der Waals surface area contributed by atoms with E-state index < -0.39 is 35.9 Å². The summed E-state index contributed by atoms with van der Waals surface area (Å²) in [5.41, 5.74) is 11.3. The van der Waals surface area contributed by atoms with Gasteiger partial charge in [0.25, 0.3) is 0 Å². The zero-order valence-electron chi connectivity index (χ0n) is 16.9. The molecular weight excluding hydrogens is 398 g/mol. The predicted molar refractivity (Wildman–Crippen MR) is 111 cm³/mol. The van der Waals surface area contributed by atoms with Crippen molar-refractivity contribution in [3.05, 3.63) is 0 Å². The summed E-state index contributed by atoms with van der Waals surface area (Å²) in [5, 5.41) is 14.1. The summed E-state index contributed by atoms with van der Waals surface area (Å²) in [6.07, 6.45) is 5.18. The number of nitrogens with zero attached hydrogens (tertiary/aromatic N) is 1. The largest absolute Gasteiger partial charge is 0.480 e. The Bertz CT molecular complexity index is 577. The fraction of sp³-hybridized carbons (Fsp3) is 0.778. The van der Waals surface area contributed by atoms with Crippen molar-refractivity contribution in [3.63, 3.8) is 0 Å². The molecule has 1 rings (SSSR count). The van der Waals surface area contributed by atoms with E-state index in [0.717, 1.165) is 5.75 Å². The van der Waals surface area contributed by atoms with Gasteiger partial charge in [0.1, 0.15) is 12.1 Å². The van der Waals surface area contributed by atoms with Crippen LogP contribution >= 0.6 is 11.8 Å². The average Bonchev–Trinajstić information content (AvgIpc) is 3.18. The molecule has 1 aliphatic rings. The number of carboxylic acids is 1. The first kappa shape index (κ1) is 25.2. The molecule has 0 radical (unpaired) electrons. The molecule has 1 fully saturated rings. The minimum atomic E-state index is -1.13. The smallest absolute Gasteiger partial charge is 0.326 e. The molecule has 1 aliphatic heterocycles. The van der Waals surface area contributed by atoms with Gasteiger partial charge in [0.15, 0.2) is 0 Å². The van der Waals surface area contributed by atoms with Gasteiger partial charge < -0.3 is 32.1 Å². The molecular formula is C18H33N5O5S. The molecule has 0 aromatic carbocycles. The number of hydrogen-bond donors (Lipinski definition) is 5. The Labute approximate surface area is 175 Å². The summed E-state index contributed by atoms with van der Waals surface area (Å²) in [7, 11) is 0. The van der Waals surface area contributed by atoms with Crippen LogP contribution in [-0.4, -0.2) is 83.5 Å². The molecule has 1 saturated heterocycles. The average molecular weight is 432 g/mol. The normalized spacial score (nSPS) is 18.2. The highest BCUT2D eigenvalue weighted by Gasteiger charge is 2.36. The van der Waals surface area contributed by atoms with Crippen molar-refractivity contribution in [2.75, 3.05) is 31.6 Å². The Morgan fingerprint density at radius 2 is 1.97 bits per heavy atom. The van der Waals surface area contributed by atoms with Crippen molar-refractivity contribution >= 4 is 35.5 Å². The van der Waals surface area contributed by atoms with Crippen molar-refractivity contribution < 1.29 is 24.3 Å². The van der Waals surface area contributed by atoms with E-state index in [2.05, 4.69) is 10.6 Å². The highest BCUT2D eigenvalue weighted by atomic mass is 32.2. The number of amides is 3. The van der Waals surface area contributed by atoms with E-state index in [0.29, 0.717) is 45.2 Å². The molecule has 11 heteroatoms. The highest BCUT2D eigenvalue weighted by molar-refractivity contribution is 7.98. The predicted octanol–water partition coefficient (Wildman–Crippen LogP) is -1.13. The Morgan fingerprint density at radius 3 is 2.59 bits per heavy atom. The highest BCUT2D eigenvalue weighted by Crippen LogP contribution is 2.19. The first-order valence-corrected chi connectivity index (χ1v) is 11.3. The maximum Gasteiger partial charge on any atom is 0.326 e. The molecule has 0 saturated carbocycles. The third-order valence-electron chi connectivity index (χ3n) is 4.79. The second-order valence-corrected chi connectivity index (χ2v) is 8.02. The van der Waals surface area contributed by atoms with Gasteiger partial charge in [-0.1, -0.05) is 0 Å². The van der Waals surface area contributed by atoms with E-state index in [9.17, 15) is 24.3 Å². The molecule has 10 nitrogen and oxygen atoms in total. The van der Waals surface area contributed by atoms with Crippen LogP contribution in [0.2, 0.25) is 0 Å². The second-order valence-electron chi connectivity index (χ2n) is 7.04. The van der Waals surface area contributed by atoms with Gasteiger partial charge in [-0.25, -0.2) is 4.79 Å². The summed E-state index contributed by atoms with van der Waals surface area (Å²) < 4.78 is 0. The Hall–Kier alpha value is -1.85. The Balaban J connectivity index is 2.51. The van der Waals surface area contributed by atoms with E-state index in [-0.39, 0.29) is 18.9 Å². The number of carbonyl (C=O) groups is 4. The zero-order chi connectivity index (χ0) is 21.8. The van der Waals surface area contributed by atoms with Gasteiger partial charge >= 0.3 is 5.97 Å². The fourth-order valence-electron chi connectivity index (χ4n) is 3.17. The quantitative estimate of drug-likeness (QED) is 0.228. The van der Waals surface area contributed by atoms with Gasteiger partial charge in [-0.3, -0.25) is 14.4 Å². The van der Waals surface area contributed by atoms with Crippen molar-refractivity contribution in [3.8, 4) is 0 Å². The topological polar surface area (TPSA) is 168 Å². The first-order valence-electron chi connectivity index (χ1n) is 9.86. The molecule has 3 unspecified atom stereocenters. The van der Waals surface area contributed by atoms with Crippen LogP contribution in [-0.2, 0) is 19.2 Å². The Kier molecular flexibility index (Phi) is 11.6. The molecule has 0 aromatic heterocycles. The van der Waals surface area contributed by atoms with E-state index in [1.54, 1.807) is 11.8 Å². The van der Waals surface area contributed by atoms with Crippen LogP contribution in [0.15, 0.2) is 0 Å². The maximum atomic E-state index is 12.5. The standard InChI is InChI=1S/C18H33N5O5S/c1-29-10-7-12(20)17(26)23-9-4-6-14(23)16(25)21-11-15(24)22-13(18(27)28)5-2-3-8-19/h12-14H,2-11,19-20H2,1H3,(H,21,25)(H,22,24)(H,27,28). The van der Waals surface area contributed by atoms with Gasteiger partial charge in [0.2, 0.25) is 17.7 Å². The van der Waals surface area contributed by atoms with Crippen LogP contribution in [0.3, 0.4) is 0 Å². The SMILES string of the molecule is CSCCC(N)C(=O)N1CCCC1C(=O)NCC(=O)NC(CCCCN)C(=O)O. The summed E-state index contributed by atoms with van der Waals surface area (Å²) in [6, 6.07) is -2.33. The lowest BCUT2D eigenvalue weighted by Gasteiger charge is -2.26. The molecule has 0 aliphatic carbocycles. The third kappa shape index (κ3) is 8.58. The lowest BCUT2D eigenvalue weighted by Crippen LogP contribution is -2.53. The minimum Gasteiger partial charge on any atom is -0.480 e. The number of carboxylic acid groups (broad SMARTS) is 1. The van der Waals surface area contributed by atoms with Gasteiger partial charge in [0, 0.05) is 6.54 Å². The van der Waals surface area contributed by atoms with Crippen molar-refractivity contribution in [1.82, 2.24) is 15.5 Å². The third-order valence-corrected chi connectivity index (χ3v) is 5.44. The fourth-order valence-corrected chi connectivity index (χ4v) is 3.65. The van der Waals surface area contributed by atoms with Crippen LogP contribution in [0, 0.1) is 0 Å². The molecule has 166 valence electrons. The number of carbonyl (C=O) groups excluding carboxylic acids is 3. The van der Waals surface area contributed by atoms with Crippen LogP contribution in [0.1, 0.15) is 38.5 Å². The number of aliphatic carboxylic acids is 1. The summed E-state index contributed by atoms with van der Waals surface area (Å²) >= 11 is 1.60. The van der Waals surface area contributed by atoms with Gasteiger partial charge in [-0.05, 0) is 57.1 Å². The number of hydrogen-bond acceptors (Lipinski definition) is 7. The first-order chi connectivity index (χ1) is 13.8. The van der Waals surface area contributed by atoms with Gasteiger partial charge in [0.05, 0.1) is 12.6 Å². The van der Waals surface area contributed by atoms with E-state index in [1.807, 2.05) is 6.26 Å². The summed E-state index contributed by atoms with van der Waals surface area (Å²) in [6.45, 7) is 0.558. The zero-order valence-corrected chi connectivity index (χ0v) is 17.7. The lowest BCUT2D eigenvalue weighted by molar-refractivity contribution is -0.142. The summed E-state index contributed by atoms with van der Waals surface area (Å²) in [5.74, 6) is -1.65. The number of nitrogens with two attached hydrogens (primary N) is 2. The van der Waals surface area contributed by atoms with Crippen LogP contribution in [0.5, 0.6) is 0 Å². The van der Waals surface area contributed by atoms with Gasteiger partial charge in [-0.2, -0.15) is 11.8 Å². The van der Waals surface area contributed by atoms with Crippen LogP contribution in [0.25, 0.3) is 0 Å². The molecule has 29 heavy (non-hydrogen) atoms. The number of likely N-dealkylation sites (tertiary alicyclic amines) is 1. The second kappa shape index (κ2) is 13.4. The molecule has 3 amide bonds. The maximum absolute atomic E-state index is 12.5. The molecule has 0 spiro atoms. The number of nitrogens with one attached hydrogen (secondary N) is 2. The lowest BCUT2D eigenvalue weighted by atomic mass is 10.1. The van der Waals surface area contributed by atoms with Crippen LogP contribution in [0.4, 0.5) is 0 Å². The monoisotopic (exact) mass is 431 g/mol. The van der Waals surface area contributed by atoms with E-state index in [1.165, 1.54) is 4.90 Å². The van der Waals surface area contributed by atoms with Crippen molar-refractivity contribution in [1.29, 1.82) is 0 Å². The van der Waals surface area contributed by atoms with E-state index >= 15 is 0 Å².